The van der Waals surface area contributed by atoms with Crippen LogP contribution in [0, 0.1) is 0 Å². The van der Waals surface area contributed by atoms with Crippen molar-refractivity contribution in [1.82, 2.24) is 9.29 Å². The molecule has 0 spiro atoms. The Hall–Kier alpha value is -1.38. The van der Waals surface area contributed by atoms with Crippen molar-refractivity contribution in [2.24, 2.45) is 0 Å². The van der Waals surface area contributed by atoms with E-state index >= 15 is 0 Å². The lowest BCUT2D eigenvalue weighted by Gasteiger charge is -2.20. The quantitative estimate of drug-likeness (QED) is 0.774. The fraction of sp³-hybridized carbons (Fsp3) is 0.500. The topological polar surface area (TPSA) is 96.5 Å². The zero-order valence-corrected chi connectivity index (χ0v) is 12.9. The molecule has 0 unspecified atom stereocenters. The molecule has 0 radical (unpaired) electrons. The molecule has 1 aliphatic rings. The minimum Gasteiger partial charge on any atom is -0.465 e. The van der Waals surface area contributed by atoms with E-state index in [9.17, 15) is 18.0 Å². The number of hydrogen-bond donors (Lipinski definition) is 1. The number of nitrogens with one attached hydrogen (secondary N) is 1. The number of aromatic amines is 1. The average Bonchev–Trinajstić information content (AvgIpc) is 3.23. The summed E-state index contributed by atoms with van der Waals surface area (Å²) in [5, 5.41) is -0.219. The van der Waals surface area contributed by atoms with Crippen molar-refractivity contribution in [2.45, 2.75) is 30.7 Å². The first kappa shape index (κ1) is 16.0. The van der Waals surface area contributed by atoms with Gasteiger partial charge in [-0.15, -0.1) is 0 Å². The van der Waals surface area contributed by atoms with Crippen LogP contribution in [0.15, 0.2) is 22.0 Å². The molecule has 0 amide bonds. The van der Waals surface area contributed by atoms with E-state index in [0.717, 1.165) is 16.6 Å². The number of nitrogens with zero attached hydrogens (tertiary/aromatic N) is 1. The zero-order chi connectivity index (χ0) is 15.6. The molecular weight excluding hydrogens is 320 g/mol. The smallest absolute Gasteiger partial charge is 0.321 e. The Morgan fingerprint density at radius 2 is 2.19 bits per heavy atom. The number of sulfonamides is 1. The second-order valence-corrected chi connectivity index (χ2v) is 6.90. The van der Waals surface area contributed by atoms with Gasteiger partial charge in [-0.05, 0) is 25.8 Å². The third kappa shape index (κ3) is 3.63. The highest BCUT2D eigenvalue weighted by atomic mass is 35.5. The minimum absolute atomic E-state index is 0.150. The molecule has 21 heavy (non-hydrogen) atoms. The second-order valence-electron chi connectivity index (χ2n) is 4.60. The molecule has 0 saturated heterocycles. The number of esters is 1. The van der Waals surface area contributed by atoms with Gasteiger partial charge in [0, 0.05) is 12.2 Å². The van der Waals surface area contributed by atoms with Gasteiger partial charge in [-0.25, -0.2) is 8.42 Å². The molecule has 1 aromatic rings. The Morgan fingerprint density at radius 3 is 2.71 bits per heavy atom. The summed E-state index contributed by atoms with van der Waals surface area (Å²) in [5.74, 6) is -0.608. The Labute approximate surface area is 126 Å². The highest BCUT2D eigenvalue weighted by Gasteiger charge is 2.39. The van der Waals surface area contributed by atoms with Crippen LogP contribution in [0.5, 0.6) is 0 Å². The van der Waals surface area contributed by atoms with E-state index in [-0.39, 0.29) is 29.1 Å². The molecule has 1 saturated carbocycles. The van der Waals surface area contributed by atoms with Crippen molar-refractivity contribution < 1.29 is 17.9 Å². The fourth-order valence-electron chi connectivity index (χ4n) is 1.83. The first-order valence-electron chi connectivity index (χ1n) is 6.42. The van der Waals surface area contributed by atoms with Crippen LogP contribution in [0.4, 0.5) is 0 Å². The predicted octanol–water partition coefficient (Wildman–Crippen LogP) is 0.744. The summed E-state index contributed by atoms with van der Waals surface area (Å²) in [6.07, 6.45) is 2.45. The lowest BCUT2D eigenvalue weighted by Crippen LogP contribution is -2.38. The van der Waals surface area contributed by atoms with Gasteiger partial charge in [-0.2, -0.15) is 4.31 Å². The van der Waals surface area contributed by atoms with E-state index in [1.54, 1.807) is 6.92 Å². The molecule has 116 valence electrons. The predicted molar refractivity (Wildman–Crippen MR) is 75.6 cm³/mol. The third-order valence-electron chi connectivity index (χ3n) is 2.98. The van der Waals surface area contributed by atoms with Crippen molar-refractivity contribution in [3.05, 3.63) is 27.6 Å². The lowest BCUT2D eigenvalue weighted by atomic mass is 10.5. The Kier molecular flexibility index (Phi) is 4.70. The molecule has 1 heterocycles. The van der Waals surface area contributed by atoms with Crippen LogP contribution >= 0.6 is 11.6 Å². The number of pyridine rings is 1. The summed E-state index contributed by atoms with van der Waals surface area (Å²) < 4.78 is 31.0. The molecule has 9 heteroatoms. The van der Waals surface area contributed by atoms with Gasteiger partial charge in [0.2, 0.25) is 10.0 Å². The van der Waals surface area contributed by atoms with Gasteiger partial charge in [-0.3, -0.25) is 9.59 Å². The number of H-pyrrole nitrogens is 1. The second kappa shape index (κ2) is 6.17. The molecule has 0 atom stereocenters. The molecule has 1 N–H and O–H groups in total. The maximum Gasteiger partial charge on any atom is 0.321 e. The molecule has 2 rings (SSSR count). The van der Waals surface area contributed by atoms with Gasteiger partial charge in [-0.1, -0.05) is 11.6 Å². The lowest BCUT2D eigenvalue weighted by molar-refractivity contribution is -0.143. The van der Waals surface area contributed by atoms with Crippen molar-refractivity contribution >= 4 is 27.6 Å². The number of aromatic nitrogens is 1. The normalized spacial score (nSPS) is 15.2. The SMILES string of the molecule is CCOC(=O)CN(C1CC1)S(=O)(=O)c1c[nH]c(=O)c(Cl)c1. The number of halogens is 1. The number of carbonyl (C=O) groups is 1. The van der Waals surface area contributed by atoms with E-state index in [0.29, 0.717) is 12.8 Å². The molecule has 0 bridgehead atoms. The van der Waals surface area contributed by atoms with E-state index in [1.165, 1.54) is 0 Å². The number of hydrogen-bond acceptors (Lipinski definition) is 5. The summed E-state index contributed by atoms with van der Waals surface area (Å²) in [7, 11) is -3.91. The Bertz CT molecular complexity index is 696. The fourth-order valence-corrected chi connectivity index (χ4v) is 3.69. The summed E-state index contributed by atoms with van der Waals surface area (Å²) in [6, 6.07) is 0.862. The zero-order valence-electron chi connectivity index (χ0n) is 11.3. The van der Waals surface area contributed by atoms with Gasteiger partial charge >= 0.3 is 5.97 Å². The van der Waals surface area contributed by atoms with E-state index < -0.39 is 21.6 Å². The molecule has 1 fully saturated rings. The number of carbonyl (C=O) groups excluding carboxylic acids is 1. The van der Waals surface area contributed by atoms with Gasteiger partial charge in [0.1, 0.15) is 11.6 Å². The van der Waals surface area contributed by atoms with Crippen LogP contribution in [0.25, 0.3) is 0 Å². The van der Waals surface area contributed by atoms with Gasteiger partial charge < -0.3 is 9.72 Å². The van der Waals surface area contributed by atoms with Crippen LogP contribution in [-0.2, 0) is 19.6 Å². The molecule has 0 aliphatic heterocycles. The third-order valence-corrected chi connectivity index (χ3v) is 5.14. The van der Waals surface area contributed by atoms with Gasteiger partial charge in [0.25, 0.3) is 5.56 Å². The monoisotopic (exact) mass is 334 g/mol. The van der Waals surface area contributed by atoms with Crippen LogP contribution in [0.3, 0.4) is 0 Å². The molecule has 1 aliphatic carbocycles. The first-order valence-corrected chi connectivity index (χ1v) is 8.23. The minimum atomic E-state index is -3.91. The maximum absolute atomic E-state index is 12.6. The Morgan fingerprint density at radius 1 is 1.52 bits per heavy atom. The number of ether oxygens (including phenoxy) is 1. The standard InChI is InChI=1S/C12H15ClN2O5S/c1-2-20-11(16)7-15(8-3-4-8)21(18,19)9-5-10(13)12(17)14-6-9/h5-6,8H,2-4,7H2,1H3,(H,14,17). The Balaban J connectivity index is 2.31. The van der Waals surface area contributed by atoms with Gasteiger partial charge in [0.05, 0.1) is 11.5 Å². The molecular formula is C12H15ClN2O5S. The van der Waals surface area contributed by atoms with E-state index in [4.69, 9.17) is 16.3 Å². The van der Waals surface area contributed by atoms with Gasteiger partial charge in [0.15, 0.2) is 0 Å². The summed E-state index contributed by atoms with van der Waals surface area (Å²) in [4.78, 5) is 24.9. The van der Waals surface area contributed by atoms with E-state index in [2.05, 4.69) is 4.98 Å². The summed E-state index contributed by atoms with van der Waals surface area (Å²) >= 11 is 5.66. The largest absolute Gasteiger partial charge is 0.465 e. The molecule has 1 aromatic heterocycles. The van der Waals surface area contributed by atoms with Crippen LogP contribution in [-0.4, -0.2) is 42.9 Å². The number of rotatable bonds is 6. The van der Waals surface area contributed by atoms with Crippen LogP contribution < -0.4 is 5.56 Å². The maximum atomic E-state index is 12.6. The highest BCUT2D eigenvalue weighted by molar-refractivity contribution is 7.89. The van der Waals surface area contributed by atoms with Crippen LogP contribution in [0.1, 0.15) is 19.8 Å². The molecule has 0 aromatic carbocycles. The highest BCUT2D eigenvalue weighted by Crippen LogP contribution is 2.31. The average molecular weight is 335 g/mol. The summed E-state index contributed by atoms with van der Waals surface area (Å²) in [5.41, 5.74) is -0.570. The van der Waals surface area contributed by atoms with E-state index in [1.807, 2.05) is 0 Å². The summed E-state index contributed by atoms with van der Waals surface area (Å²) in [6.45, 7) is 1.48. The van der Waals surface area contributed by atoms with Crippen molar-refractivity contribution in [1.29, 1.82) is 0 Å². The van der Waals surface area contributed by atoms with Crippen LogP contribution in [0.2, 0.25) is 5.02 Å². The van der Waals surface area contributed by atoms with Crippen molar-refractivity contribution in [3.63, 3.8) is 0 Å². The van der Waals surface area contributed by atoms with Crippen molar-refractivity contribution in [2.75, 3.05) is 13.2 Å². The molecule has 7 nitrogen and oxygen atoms in total. The van der Waals surface area contributed by atoms with Crippen molar-refractivity contribution in [3.8, 4) is 0 Å². The first-order chi connectivity index (χ1) is 9.86.